The van der Waals surface area contributed by atoms with E-state index in [0.29, 0.717) is 17.8 Å². The highest BCUT2D eigenvalue weighted by molar-refractivity contribution is 7.89. The lowest BCUT2D eigenvalue weighted by molar-refractivity contribution is 0.251. The molecule has 0 spiro atoms. The van der Waals surface area contributed by atoms with Crippen molar-refractivity contribution in [1.29, 1.82) is 0 Å². The zero-order valence-corrected chi connectivity index (χ0v) is 18.4. The number of rotatable bonds is 9. The number of hydrogen-bond donors (Lipinski definition) is 2. The SMILES string of the molecule is CCC(CNC(=O)Nc1cccc(CS(=O)(=O)Cc2ccccc2)c1)c1ccccc1. The fourth-order valence-electron chi connectivity index (χ4n) is 3.49. The average Bonchev–Trinajstić information content (AvgIpc) is 2.75. The summed E-state index contributed by atoms with van der Waals surface area (Å²) in [6.07, 6.45) is 0.916. The molecule has 162 valence electrons. The van der Waals surface area contributed by atoms with E-state index in [1.54, 1.807) is 36.4 Å². The second kappa shape index (κ2) is 10.8. The first kappa shape index (κ1) is 22.6. The molecule has 3 aromatic carbocycles. The van der Waals surface area contributed by atoms with Crippen molar-refractivity contribution < 1.29 is 13.2 Å². The van der Waals surface area contributed by atoms with Gasteiger partial charge in [-0.2, -0.15) is 0 Å². The summed E-state index contributed by atoms with van der Waals surface area (Å²) < 4.78 is 25.1. The molecule has 0 fully saturated rings. The Kier molecular flexibility index (Phi) is 7.84. The van der Waals surface area contributed by atoms with Crippen LogP contribution in [0.2, 0.25) is 0 Å². The van der Waals surface area contributed by atoms with Gasteiger partial charge in [-0.25, -0.2) is 13.2 Å². The second-order valence-corrected chi connectivity index (χ2v) is 9.63. The summed E-state index contributed by atoms with van der Waals surface area (Å²) in [5, 5.41) is 5.72. The average molecular weight is 437 g/mol. The van der Waals surface area contributed by atoms with E-state index in [2.05, 4.69) is 29.7 Å². The van der Waals surface area contributed by atoms with Crippen molar-refractivity contribution in [3.8, 4) is 0 Å². The quantitative estimate of drug-likeness (QED) is 0.489. The number of urea groups is 1. The number of nitrogens with one attached hydrogen (secondary N) is 2. The zero-order chi connectivity index (χ0) is 22.1. The van der Waals surface area contributed by atoms with Gasteiger partial charge in [0.05, 0.1) is 11.5 Å². The van der Waals surface area contributed by atoms with Crippen LogP contribution in [-0.4, -0.2) is 21.0 Å². The molecule has 1 unspecified atom stereocenters. The summed E-state index contributed by atoms with van der Waals surface area (Å²) in [7, 11) is -3.32. The van der Waals surface area contributed by atoms with Crippen molar-refractivity contribution >= 4 is 21.6 Å². The molecule has 0 aliphatic rings. The van der Waals surface area contributed by atoms with Gasteiger partial charge < -0.3 is 10.6 Å². The smallest absolute Gasteiger partial charge is 0.319 e. The first-order valence-corrected chi connectivity index (χ1v) is 12.2. The number of benzene rings is 3. The van der Waals surface area contributed by atoms with Crippen molar-refractivity contribution in [3.05, 3.63) is 102 Å². The first-order valence-electron chi connectivity index (χ1n) is 10.4. The van der Waals surface area contributed by atoms with Crippen LogP contribution in [0, 0.1) is 0 Å². The molecule has 0 heterocycles. The van der Waals surface area contributed by atoms with Gasteiger partial charge >= 0.3 is 6.03 Å². The molecule has 0 aliphatic carbocycles. The summed E-state index contributed by atoms with van der Waals surface area (Å²) in [6, 6.07) is 25.9. The molecule has 0 radical (unpaired) electrons. The predicted molar refractivity (Wildman–Crippen MR) is 126 cm³/mol. The predicted octanol–water partition coefficient (Wildman–Crippen LogP) is 5.12. The Hall–Kier alpha value is -3.12. The molecule has 1 atom stereocenters. The van der Waals surface area contributed by atoms with Crippen molar-refractivity contribution in [2.75, 3.05) is 11.9 Å². The van der Waals surface area contributed by atoms with E-state index in [0.717, 1.165) is 12.0 Å². The lowest BCUT2D eigenvalue weighted by Gasteiger charge is -2.16. The van der Waals surface area contributed by atoms with Gasteiger partial charge in [-0.1, -0.05) is 79.7 Å². The topological polar surface area (TPSA) is 75.3 Å². The number of anilines is 1. The van der Waals surface area contributed by atoms with Gasteiger partial charge in [0.2, 0.25) is 0 Å². The van der Waals surface area contributed by atoms with E-state index in [1.165, 1.54) is 5.56 Å². The molecular formula is C25H28N2O3S. The Labute approximate surface area is 184 Å². The van der Waals surface area contributed by atoms with Crippen LogP contribution in [0.15, 0.2) is 84.9 Å². The third-order valence-corrected chi connectivity index (χ3v) is 6.62. The zero-order valence-electron chi connectivity index (χ0n) is 17.6. The summed E-state index contributed by atoms with van der Waals surface area (Å²) >= 11 is 0. The normalized spacial score (nSPS) is 12.2. The molecule has 0 saturated carbocycles. The van der Waals surface area contributed by atoms with E-state index in [9.17, 15) is 13.2 Å². The lowest BCUT2D eigenvalue weighted by Crippen LogP contribution is -2.32. The van der Waals surface area contributed by atoms with Crippen LogP contribution in [-0.2, 0) is 21.3 Å². The Balaban J connectivity index is 1.56. The van der Waals surface area contributed by atoms with Crippen LogP contribution in [0.25, 0.3) is 0 Å². The molecule has 3 rings (SSSR count). The largest absolute Gasteiger partial charge is 0.337 e. The van der Waals surface area contributed by atoms with Crippen LogP contribution in [0.1, 0.15) is 36.0 Å². The Morgan fingerprint density at radius 1 is 0.839 bits per heavy atom. The maximum absolute atomic E-state index is 12.5. The first-order chi connectivity index (χ1) is 14.9. The molecule has 2 amide bonds. The van der Waals surface area contributed by atoms with Gasteiger partial charge in [0.1, 0.15) is 0 Å². The minimum absolute atomic E-state index is 0.0100. The van der Waals surface area contributed by atoms with Gasteiger partial charge in [-0.05, 0) is 35.2 Å². The van der Waals surface area contributed by atoms with E-state index >= 15 is 0 Å². The lowest BCUT2D eigenvalue weighted by atomic mass is 9.97. The fourth-order valence-corrected chi connectivity index (χ4v) is 4.98. The maximum Gasteiger partial charge on any atom is 0.319 e. The van der Waals surface area contributed by atoms with Gasteiger partial charge in [-0.3, -0.25) is 0 Å². The third kappa shape index (κ3) is 7.26. The molecule has 0 bridgehead atoms. The Bertz CT molecular complexity index is 1080. The summed E-state index contributed by atoms with van der Waals surface area (Å²) in [6.45, 7) is 2.62. The van der Waals surface area contributed by atoms with Gasteiger partial charge in [0.15, 0.2) is 9.84 Å². The van der Waals surface area contributed by atoms with E-state index < -0.39 is 9.84 Å². The number of sulfone groups is 1. The van der Waals surface area contributed by atoms with Crippen LogP contribution in [0.3, 0.4) is 0 Å². The number of carbonyl (C=O) groups is 1. The summed E-state index contributed by atoms with van der Waals surface area (Å²) in [4.78, 5) is 12.4. The van der Waals surface area contributed by atoms with Crippen LogP contribution < -0.4 is 10.6 Å². The van der Waals surface area contributed by atoms with Gasteiger partial charge in [0, 0.05) is 18.2 Å². The van der Waals surface area contributed by atoms with E-state index in [4.69, 9.17) is 0 Å². The van der Waals surface area contributed by atoms with Crippen molar-refractivity contribution in [2.24, 2.45) is 0 Å². The molecule has 0 saturated heterocycles. The maximum atomic E-state index is 12.5. The second-order valence-electron chi connectivity index (χ2n) is 7.57. The number of carbonyl (C=O) groups excluding carboxylic acids is 1. The molecule has 3 aromatic rings. The molecule has 0 aromatic heterocycles. The summed E-state index contributed by atoms with van der Waals surface area (Å²) in [5.41, 5.74) is 3.16. The molecule has 2 N–H and O–H groups in total. The minimum Gasteiger partial charge on any atom is -0.337 e. The van der Waals surface area contributed by atoms with Crippen LogP contribution in [0.4, 0.5) is 10.5 Å². The Morgan fingerprint density at radius 3 is 2.13 bits per heavy atom. The number of amides is 2. The van der Waals surface area contributed by atoms with Gasteiger partial charge in [0.25, 0.3) is 0 Å². The van der Waals surface area contributed by atoms with E-state index in [1.807, 2.05) is 36.4 Å². The van der Waals surface area contributed by atoms with Crippen LogP contribution >= 0.6 is 0 Å². The Morgan fingerprint density at radius 2 is 1.45 bits per heavy atom. The summed E-state index contributed by atoms with van der Waals surface area (Å²) in [5.74, 6) is 0.149. The monoisotopic (exact) mass is 436 g/mol. The fraction of sp³-hybridized carbons (Fsp3) is 0.240. The molecule has 5 nitrogen and oxygen atoms in total. The van der Waals surface area contributed by atoms with Gasteiger partial charge in [-0.15, -0.1) is 0 Å². The minimum atomic E-state index is -3.32. The number of hydrogen-bond acceptors (Lipinski definition) is 3. The highest BCUT2D eigenvalue weighted by Gasteiger charge is 2.14. The standard InChI is InChI=1S/C25H28N2O3S/c1-2-22(23-13-7-4-8-14-23)17-26-25(28)27-24-15-9-12-21(16-24)19-31(29,30)18-20-10-5-3-6-11-20/h3-16,22H,2,17-19H2,1H3,(H2,26,27,28). The van der Waals surface area contributed by atoms with Crippen LogP contribution in [0.5, 0.6) is 0 Å². The van der Waals surface area contributed by atoms with Crippen molar-refractivity contribution in [2.45, 2.75) is 30.8 Å². The molecule has 6 heteroatoms. The molecule has 31 heavy (non-hydrogen) atoms. The third-order valence-electron chi connectivity index (χ3n) is 5.07. The molecule has 0 aliphatic heterocycles. The highest BCUT2D eigenvalue weighted by atomic mass is 32.2. The van der Waals surface area contributed by atoms with E-state index in [-0.39, 0.29) is 23.5 Å². The highest BCUT2D eigenvalue weighted by Crippen LogP contribution is 2.19. The molecular weight excluding hydrogens is 408 g/mol. The van der Waals surface area contributed by atoms with Crippen molar-refractivity contribution in [3.63, 3.8) is 0 Å². The van der Waals surface area contributed by atoms with Crippen molar-refractivity contribution in [1.82, 2.24) is 5.32 Å².